The minimum atomic E-state index is -2.86. The second kappa shape index (κ2) is 8.32. The van der Waals surface area contributed by atoms with Crippen LogP contribution in [-0.2, 0) is 33.4 Å². The van der Waals surface area contributed by atoms with E-state index in [-0.39, 0.29) is 17.0 Å². The van der Waals surface area contributed by atoms with Crippen molar-refractivity contribution in [3.8, 4) is 0 Å². The van der Waals surface area contributed by atoms with Crippen LogP contribution < -0.4 is 0 Å². The first kappa shape index (κ1) is 23.6. The van der Waals surface area contributed by atoms with Gasteiger partial charge in [-0.25, -0.2) is 0 Å². The summed E-state index contributed by atoms with van der Waals surface area (Å²) < 4.78 is 15.0. The molecule has 1 saturated heterocycles. The third-order valence-corrected chi connectivity index (χ3v) is 3.69. The van der Waals surface area contributed by atoms with E-state index < -0.39 is 59.8 Å². The molecule has 1 aliphatic rings. The predicted octanol–water partition coefficient (Wildman–Crippen LogP) is -1.58. The van der Waals surface area contributed by atoms with Crippen LogP contribution in [0.4, 0.5) is 0 Å². The van der Waals surface area contributed by atoms with Crippen LogP contribution in [-0.4, -0.2) is 75.1 Å². The molecule has 0 aromatic heterocycles. The number of rotatable bonds is 5. The van der Waals surface area contributed by atoms with Crippen LogP contribution in [0.3, 0.4) is 0 Å². The number of ether oxygens (including phenoxy) is 3. The average molecular weight is 429 g/mol. The number of carbonyl (C=O) groups excluding carboxylic acids is 4. The molecule has 0 spiro atoms. The Morgan fingerprint density at radius 3 is 1.76 bits per heavy atom. The van der Waals surface area contributed by atoms with E-state index in [2.05, 4.69) is 0 Å². The lowest BCUT2D eigenvalue weighted by atomic mass is 9.75. The molecule has 144 valence electrons. The maximum atomic E-state index is 12.3. The first-order chi connectivity index (χ1) is 11.0. The van der Waals surface area contributed by atoms with Gasteiger partial charge in [-0.3, -0.25) is 19.2 Å². The molecule has 0 saturated carbocycles. The van der Waals surface area contributed by atoms with E-state index in [1.165, 1.54) is 0 Å². The SMILES string of the molecule is Br.CC(=O)O[C@@]1(C(C)=O)O[C@H](CO)[C@H](O)[C@H](O)[C@]1(OC(C)=O)C(C)=O. The Morgan fingerprint density at radius 1 is 0.960 bits per heavy atom. The molecular formula is C14H21BrO10. The molecule has 0 unspecified atom stereocenters. The van der Waals surface area contributed by atoms with E-state index in [0.717, 1.165) is 27.7 Å². The quantitative estimate of drug-likeness (QED) is 0.436. The standard InChI is InChI=1S/C14H20O10.BrH/c1-6(16)13(22-8(3)18)12(21)11(20)10(5-15)24-14(13,7(2)17)23-9(4)19;/h10-12,15,20-21H,5H2,1-4H3;1H/t10-,11+,12+,13-,14+;/m1./s1. The molecule has 1 fully saturated rings. The van der Waals surface area contributed by atoms with Crippen molar-refractivity contribution < 1.29 is 48.7 Å². The Bertz CT molecular complexity index is 564. The van der Waals surface area contributed by atoms with Gasteiger partial charge in [0, 0.05) is 20.8 Å². The summed E-state index contributed by atoms with van der Waals surface area (Å²) in [6.45, 7) is 2.66. The van der Waals surface area contributed by atoms with Gasteiger partial charge in [0.15, 0.2) is 5.78 Å². The van der Waals surface area contributed by atoms with Crippen molar-refractivity contribution in [3.63, 3.8) is 0 Å². The zero-order valence-electron chi connectivity index (χ0n) is 14.0. The highest BCUT2D eigenvalue weighted by atomic mass is 79.9. The van der Waals surface area contributed by atoms with Crippen molar-refractivity contribution >= 4 is 40.5 Å². The van der Waals surface area contributed by atoms with Crippen LogP contribution in [0.25, 0.3) is 0 Å². The smallest absolute Gasteiger partial charge is 0.324 e. The molecule has 0 amide bonds. The van der Waals surface area contributed by atoms with Crippen LogP contribution in [0.15, 0.2) is 0 Å². The first-order valence-electron chi connectivity index (χ1n) is 7.02. The van der Waals surface area contributed by atoms with Crippen molar-refractivity contribution in [2.45, 2.75) is 57.4 Å². The van der Waals surface area contributed by atoms with E-state index in [0.29, 0.717) is 0 Å². The molecule has 0 aliphatic carbocycles. The fraction of sp³-hybridized carbons (Fsp3) is 0.714. The van der Waals surface area contributed by atoms with Crippen LogP contribution in [0.1, 0.15) is 27.7 Å². The number of hydrogen-bond acceptors (Lipinski definition) is 10. The minimum absolute atomic E-state index is 0. The normalized spacial score (nSPS) is 34.4. The third kappa shape index (κ3) is 3.75. The fourth-order valence-corrected chi connectivity index (χ4v) is 2.74. The molecule has 1 heterocycles. The number of esters is 2. The number of hydrogen-bond donors (Lipinski definition) is 3. The van der Waals surface area contributed by atoms with Gasteiger partial charge in [-0.2, -0.15) is 0 Å². The largest absolute Gasteiger partial charge is 0.441 e. The zero-order chi connectivity index (χ0) is 18.9. The monoisotopic (exact) mass is 428 g/mol. The van der Waals surface area contributed by atoms with E-state index >= 15 is 0 Å². The lowest BCUT2D eigenvalue weighted by molar-refractivity contribution is -0.358. The highest BCUT2D eigenvalue weighted by molar-refractivity contribution is 8.93. The third-order valence-electron chi connectivity index (χ3n) is 3.69. The molecule has 10 nitrogen and oxygen atoms in total. The summed E-state index contributed by atoms with van der Waals surface area (Å²) in [4.78, 5) is 47.5. The van der Waals surface area contributed by atoms with E-state index in [1.807, 2.05) is 0 Å². The Hall–Kier alpha value is -1.40. The maximum absolute atomic E-state index is 12.3. The Labute approximate surface area is 153 Å². The number of carbonyl (C=O) groups is 4. The molecule has 1 rings (SSSR count). The van der Waals surface area contributed by atoms with Crippen molar-refractivity contribution in [1.82, 2.24) is 0 Å². The van der Waals surface area contributed by atoms with Gasteiger partial charge in [-0.15, -0.1) is 17.0 Å². The molecule has 0 aromatic carbocycles. The lowest BCUT2D eigenvalue weighted by Gasteiger charge is -2.53. The maximum Gasteiger partial charge on any atom is 0.324 e. The molecule has 1 aliphatic heterocycles. The van der Waals surface area contributed by atoms with Crippen molar-refractivity contribution in [1.29, 1.82) is 0 Å². The number of halogens is 1. The van der Waals surface area contributed by atoms with Gasteiger partial charge in [-0.05, 0) is 6.92 Å². The van der Waals surface area contributed by atoms with Gasteiger partial charge in [0.1, 0.15) is 18.3 Å². The fourth-order valence-electron chi connectivity index (χ4n) is 2.74. The van der Waals surface area contributed by atoms with Gasteiger partial charge in [-0.1, -0.05) is 0 Å². The van der Waals surface area contributed by atoms with Crippen LogP contribution >= 0.6 is 17.0 Å². The molecule has 5 atom stereocenters. The van der Waals surface area contributed by atoms with Gasteiger partial charge < -0.3 is 29.5 Å². The first-order valence-corrected chi connectivity index (χ1v) is 7.02. The second-order valence-corrected chi connectivity index (χ2v) is 5.43. The van der Waals surface area contributed by atoms with Gasteiger partial charge in [0.05, 0.1) is 6.61 Å². The van der Waals surface area contributed by atoms with Crippen molar-refractivity contribution in [2.24, 2.45) is 0 Å². The second-order valence-electron chi connectivity index (χ2n) is 5.43. The molecule has 0 aromatic rings. The Kier molecular flexibility index (Phi) is 7.85. The molecule has 3 N–H and O–H groups in total. The minimum Gasteiger partial charge on any atom is -0.441 e. The average Bonchev–Trinajstić information content (AvgIpc) is 2.45. The van der Waals surface area contributed by atoms with Gasteiger partial charge in [0.2, 0.25) is 5.78 Å². The summed E-state index contributed by atoms with van der Waals surface area (Å²) in [5, 5.41) is 29.8. The summed E-state index contributed by atoms with van der Waals surface area (Å²) in [5.41, 5.74) is -2.83. The summed E-state index contributed by atoms with van der Waals surface area (Å²) in [5.74, 6) is -7.22. The van der Waals surface area contributed by atoms with Crippen molar-refractivity contribution in [2.75, 3.05) is 6.61 Å². The molecule has 0 radical (unpaired) electrons. The summed E-state index contributed by atoms with van der Waals surface area (Å²) in [7, 11) is 0. The van der Waals surface area contributed by atoms with Crippen LogP contribution in [0.5, 0.6) is 0 Å². The van der Waals surface area contributed by atoms with Gasteiger partial charge in [0.25, 0.3) is 5.60 Å². The zero-order valence-corrected chi connectivity index (χ0v) is 15.8. The van der Waals surface area contributed by atoms with Gasteiger partial charge >= 0.3 is 17.7 Å². The molecule has 25 heavy (non-hydrogen) atoms. The van der Waals surface area contributed by atoms with E-state index in [1.54, 1.807) is 0 Å². The molecular weight excluding hydrogens is 408 g/mol. The Morgan fingerprint density at radius 2 is 1.44 bits per heavy atom. The predicted molar refractivity (Wildman–Crippen MR) is 84.7 cm³/mol. The lowest BCUT2D eigenvalue weighted by Crippen LogP contribution is -2.80. The number of ketones is 2. The highest BCUT2D eigenvalue weighted by Crippen LogP contribution is 2.43. The number of Topliss-reactive ketones (excluding diaryl/α,β-unsaturated/α-hetero) is 2. The van der Waals surface area contributed by atoms with Crippen LogP contribution in [0, 0.1) is 0 Å². The van der Waals surface area contributed by atoms with Crippen LogP contribution in [0.2, 0.25) is 0 Å². The topological polar surface area (TPSA) is 157 Å². The van der Waals surface area contributed by atoms with E-state index in [9.17, 15) is 34.5 Å². The van der Waals surface area contributed by atoms with Crippen molar-refractivity contribution in [3.05, 3.63) is 0 Å². The molecule has 0 bridgehead atoms. The molecule has 11 heteroatoms. The summed E-state index contributed by atoms with van der Waals surface area (Å²) in [6, 6.07) is 0. The Balaban J connectivity index is 0.00000576. The summed E-state index contributed by atoms with van der Waals surface area (Å²) in [6.07, 6.45) is -5.68. The summed E-state index contributed by atoms with van der Waals surface area (Å²) >= 11 is 0. The highest BCUT2D eigenvalue weighted by Gasteiger charge is 2.74. The van der Waals surface area contributed by atoms with E-state index in [4.69, 9.17) is 14.2 Å². The number of aliphatic hydroxyl groups excluding tert-OH is 3. The number of aliphatic hydroxyl groups is 3.